The number of unbranched alkanes of at least 4 members (excludes halogenated alkanes) is 6. The van der Waals surface area contributed by atoms with Crippen molar-refractivity contribution < 1.29 is 0 Å². The van der Waals surface area contributed by atoms with Crippen LogP contribution in [0.3, 0.4) is 0 Å². The van der Waals surface area contributed by atoms with E-state index < -0.39 is 0 Å². The molecule has 5 aromatic carbocycles. The fraction of sp³-hybridized carbons (Fsp3) is 0.277. The lowest BCUT2D eigenvalue weighted by molar-refractivity contribution is 0.665. The zero-order valence-electron chi connectivity index (χ0n) is 30.5. The van der Waals surface area contributed by atoms with E-state index in [1.165, 1.54) is 122 Å². The summed E-state index contributed by atoms with van der Waals surface area (Å²) in [6.07, 6.45) is 19.2. The van der Waals surface area contributed by atoms with E-state index in [2.05, 4.69) is 167 Å². The third-order valence-corrected chi connectivity index (χ3v) is 12.8. The number of anilines is 4. The summed E-state index contributed by atoms with van der Waals surface area (Å²) in [7, 11) is 0. The Morgan fingerprint density at radius 1 is 0.462 bits per heavy atom. The molecular weight excluding hydrogens is 737 g/mol. The molecule has 2 aliphatic heterocycles. The molecule has 2 nitrogen and oxygen atoms in total. The Morgan fingerprint density at radius 2 is 0.904 bits per heavy atom. The highest BCUT2D eigenvalue weighted by atomic mass is 79.9. The molecule has 0 spiro atoms. The number of benzene rings is 5. The summed E-state index contributed by atoms with van der Waals surface area (Å²) in [4.78, 5) is 10.4. The van der Waals surface area contributed by atoms with E-state index in [-0.39, 0.29) is 0 Å². The predicted molar refractivity (Wildman–Crippen MR) is 233 cm³/mol. The molecule has 5 aromatic rings. The van der Waals surface area contributed by atoms with Gasteiger partial charge in [-0.05, 0) is 95.3 Å². The van der Waals surface area contributed by atoms with Crippen LogP contribution in [0.1, 0.15) is 93.0 Å². The first-order valence-electron chi connectivity index (χ1n) is 19.1. The highest BCUT2D eigenvalue weighted by Crippen LogP contribution is 2.50. The molecule has 0 radical (unpaired) electrons. The number of rotatable bonds is 15. The van der Waals surface area contributed by atoms with Crippen molar-refractivity contribution in [3.8, 4) is 0 Å². The average molecular weight is 786 g/mol. The predicted octanol–water partition coefficient (Wildman–Crippen LogP) is 15.3. The quantitative estimate of drug-likeness (QED) is 0.0592. The Kier molecular flexibility index (Phi) is 12.7. The highest BCUT2D eigenvalue weighted by molar-refractivity contribution is 9.08. The summed E-state index contributed by atoms with van der Waals surface area (Å²) >= 11 is 7.52. The van der Waals surface area contributed by atoms with Crippen molar-refractivity contribution in [1.29, 1.82) is 0 Å². The molecule has 0 bridgehead atoms. The number of fused-ring (bicyclic) bond motifs is 4. The van der Waals surface area contributed by atoms with Crippen molar-refractivity contribution in [2.24, 2.45) is 0 Å². The van der Waals surface area contributed by atoms with Gasteiger partial charge in [0.2, 0.25) is 0 Å². The van der Waals surface area contributed by atoms with Gasteiger partial charge >= 0.3 is 0 Å². The Bertz CT molecular complexity index is 1910. The monoisotopic (exact) mass is 784 g/mol. The number of hydrogen-bond acceptors (Lipinski definition) is 4. The van der Waals surface area contributed by atoms with Crippen molar-refractivity contribution in [3.05, 3.63) is 131 Å². The van der Waals surface area contributed by atoms with Gasteiger partial charge in [0, 0.05) is 38.0 Å². The van der Waals surface area contributed by atoms with Crippen LogP contribution in [0.25, 0.3) is 24.3 Å². The summed E-state index contributed by atoms with van der Waals surface area (Å²) in [5, 5.41) is 0.821. The Morgan fingerprint density at radius 3 is 1.37 bits per heavy atom. The van der Waals surface area contributed by atoms with E-state index in [9.17, 15) is 0 Å². The molecule has 0 fully saturated rings. The number of hydrogen-bond donors (Lipinski definition) is 0. The van der Waals surface area contributed by atoms with E-state index in [0.717, 1.165) is 18.4 Å². The lowest BCUT2D eigenvalue weighted by atomic mass is 10.0. The maximum atomic E-state index is 3.73. The van der Waals surface area contributed by atoms with Crippen molar-refractivity contribution in [2.75, 3.05) is 22.9 Å². The minimum Gasteiger partial charge on any atom is -0.340 e. The number of nitrogens with zero attached hydrogens (tertiary/aromatic N) is 2. The fourth-order valence-corrected chi connectivity index (χ4v) is 9.79. The zero-order chi connectivity index (χ0) is 35.7. The van der Waals surface area contributed by atoms with Gasteiger partial charge in [-0.1, -0.05) is 165 Å². The van der Waals surface area contributed by atoms with Gasteiger partial charge < -0.3 is 9.80 Å². The molecule has 0 atom stereocenters. The Labute approximate surface area is 328 Å². The highest BCUT2D eigenvalue weighted by Gasteiger charge is 2.24. The minimum absolute atomic E-state index is 0.821. The second-order valence-corrected chi connectivity index (χ2v) is 16.6. The van der Waals surface area contributed by atoms with Crippen LogP contribution < -0.4 is 9.80 Å². The molecular formula is C47H49BrN2S2. The van der Waals surface area contributed by atoms with E-state index in [1.807, 2.05) is 23.5 Å². The van der Waals surface area contributed by atoms with Gasteiger partial charge in [0.1, 0.15) is 0 Å². The fourth-order valence-electron chi connectivity index (χ4n) is 7.18. The molecule has 0 saturated carbocycles. The molecule has 0 aromatic heterocycles. The van der Waals surface area contributed by atoms with E-state index in [1.54, 1.807) is 0 Å². The molecule has 0 amide bonds. The summed E-state index contributed by atoms with van der Waals surface area (Å²) in [5.41, 5.74) is 11.5. The van der Waals surface area contributed by atoms with Crippen LogP contribution in [0, 0.1) is 0 Å². The van der Waals surface area contributed by atoms with Crippen molar-refractivity contribution in [2.45, 2.75) is 90.1 Å². The average Bonchev–Trinajstić information content (AvgIpc) is 3.18. The first-order chi connectivity index (χ1) is 25.6. The van der Waals surface area contributed by atoms with Gasteiger partial charge in [-0.3, -0.25) is 0 Å². The molecule has 0 saturated heterocycles. The molecule has 0 aliphatic carbocycles. The number of para-hydroxylation sites is 2. The van der Waals surface area contributed by atoms with Crippen molar-refractivity contribution >= 4 is 86.5 Å². The Balaban J connectivity index is 1.09. The van der Waals surface area contributed by atoms with Crippen LogP contribution in [-0.4, -0.2) is 13.1 Å². The topological polar surface area (TPSA) is 6.48 Å². The molecule has 2 aliphatic rings. The van der Waals surface area contributed by atoms with Crippen LogP contribution in [0.4, 0.5) is 22.7 Å². The summed E-state index contributed by atoms with van der Waals surface area (Å²) < 4.78 is 0. The van der Waals surface area contributed by atoms with E-state index in [4.69, 9.17) is 0 Å². The maximum Gasteiger partial charge on any atom is 0.0553 e. The maximum absolute atomic E-state index is 3.73. The number of halogens is 1. The molecule has 7 rings (SSSR count). The SMILES string of the molecule is CCCCCCN1c2ccccc2Sc2cc(C=Cc3cc(C=Cc4ccc5c(c4)Sc4ccccc4N5CCCCCC)cc(CBr)c3)ccc21. The third-order valence-electron chi connectivity index (χ3n) is 9.90. The van der Waals surface area contributed by atoms with Gasteiger partial charge in [0.25, 0.3) is 0 Å². The van der Waals surface area contributed by atoms with E-state index >= 15 is 0 Å². The standard InChI is InChI=1S/C47H49BrN2S2/c1-3-5-7-13-27-49-40-15-9-11-17-44(40)51-46-32-35(23-25-42(46)49)19-21-37-29-38(31-39(30-37)34-48)22-20-36-24-26-43-47(33-36)52-45-18-12-10-16-41(45)50(43)28-14-8-6-4-2/h9-12,15-26,29-33H,3-8,13-14,27-28,34H2,1-2H3. The van der Waals surface area contributed by atoms with Gasteiger partial charge in [-0.2, -0.15) is 0 Å². The minimum atomic E-state index is 0.821. The summed E-state index contributed by atoms with van der Waals surface area (Å²) in [5.74, 6) is 0. The normalized spacial score (nSPS) is 13.4. The van der Waals surface area contributed by atoms with Crippen LogP contribution in [0.15, 0.2) is 123 Å². The molecule has 0 unspecified atom stereocenters. The van der Waals surface area contributed by atoms with Crippen LogP contribution in [0.2, 0.25) is 0 Å². The molecule has 2 heterocycles. The summed E-state index contributed by atoms with van der Waals surface area (Å²) in [6, 6.07) is 38.5. The van der Waals surface area contributed by atoms with Crippen LogP contribution >= 0.6 is 39.5 Å². The second-order valence-electron chi connectivity index (χ2n) is 13.8. The molecule has 52 heavy (non-hydrogen) atoms. The zero-order valence-corrected chi connectivity index (χ0v) is 33.7. The van der Waals surface area contributed by atoms with Crippen LogP contribution in [-0.2, 0) is 5.33 Å². The lowest BCUT2D eigenvalue weighted by Crippen LogP contribution is -2.22. The molecule has 266 valence electrons. The summed E-state index contributed by atoms with van der Waals surface area (Å²) in [6.45, 7) is 6.68. The molecule has 0 N–H and O–H groups in total. The first kappa shape index (κ1) is 36.7. The van der Waals surface area contributed by atoms with Gasteiger partial charge in [-0.25, -0.2) is 0 Å². The lowest BCUT2D eigenvalue weighted by Gasteiger charge is -2.33. The first-order valence-corrected chi connectivity index (χ1v) is 21.8. The van der Waals surface area contributed by atoms with Crippen molar-refractivity contribution in [3.63, 3.8) is 0 Å². The van der Waals surface area contributed by atoms with Gasteiger partial charge in [0.05, 0.1) is 22.7 Å². The van der Waals surface area contributed by atoms with Crippen LogP contribution in [0.5, 0.6) is 0 Å². The largest absolute Gasteiger partial charge is 0.340 e. The smallest absolute Gasteiger partial charge is 0.0553 e. The third kappa shape index (κ3) is 8.76. The van der Waals surface area contributed by atoms with Gasteiger partial charge in [0.15, 0.2) is 0 Å². The Hall–Kier alpha value is -3.64. The van der Waals surface area contributed by atoms with E-state index in [0.29, 0.717) is 0 Å². The second kappa shape index (κ2) is 17.9. The molecule has 5 heteroatoms. The van der Waals surface area contributed by atoms with Crippen molar-refractivity contribution in [1.82, 2.24) is 0 Å². The van der Waals surface area contributed by atoms with Gasteiger partial charge in [-0.15, -0.1) is 0 Å². The number of alkyl halides is 1.